The number of hydrogen-bond acceptors (Lipinski definition) is 9. The molecule has 0 unspecified atom stereocenters. The summed E-state index contributed by atoms with van der Waals surface area (Å²) in [6, 6.07) is 4.26. The van der Waals surface area contributed by atoms with Crippen molar-refractivity contribution in [2.45, 2.75) is 25.0 Å². The van der Waals surface area contributed by atoms with Crippen LogP contribution in [0.4, 0.5) is 10.5 Å². The van der Waals surface area contributed by atoms with Crippen molar-refractivity contribution >= 4 is 29.6 Å². The fourth-order valence-corrected chi connectivity index (χ4v) is 4.38. The summed E-state index contributed by atoms with van der Waals surface area (Å²) in [5.74, 6) is -1.70. The summed E-state index contributed by atoms with van der Waals surface area (Å²) >= 11 is 0. The Hall–Kier alpha value is -4.94. The van der Waals surface area contributed by atoms with E-state index in [1.807, 2.05) is 0 Å². The molecule has 13 nitrogen and oxygen atoms in total. The van der Waals surface area contributed by atoms with Crippen molar-refractivity contribution in [3.05, 3.63) is 88.4 Å². The molecule has 1 aromatic rings. The Bertz CT molecular complexity index is 1280. The van der Waals surface area contributed by atoms with Gasteiger partial charge in [-0.05, 0) is 18.1 Å². The maximum Gasteiger partial charge on any atom is 0.408 e. The molecule has 0 bridgehead atoms. The van der Waals surface area contributed by atoms with E-state index in [0.717, 1.165) is 5.56 Å². The van der Waals surface area contributed by atoms with Crippen molar-refractivity contribution < 1.29 is 38.3 Å². The molecule has 1 aromatic carbocycles. The lowest BCUT2D eigenvalue weighted by Crippen LogP contribution is -2.73. The van der Waals surface area contributed by atoms with Gasteiger partial charge in [-0.25, -0.2) is 9.59 Å². The smallest absolute Gasteiger partial charge is 0.408 e. The third-order valence-corrected chi connectivity index (χ3v) is 6.27. The van der Waals surface area contributed by atoms with Crippen LogP contribution >= 0.6 is 0 Å². The number of hydrogen-bond donors (Lipinski definition) is 1. The van der Waals surface area contributed by atoms with Crippen LogP contribution in [0, 0.1) is 10.1 Å². The molecule has 13 heteroatoms. The molecule has 2 atom stereocenters. The SMILES string of the molecule is C=CCOC(=O)N[C@@H]1C(=O)N2C(C(=O)OCC=C)=C(/C=C3\CCN(Cc4ccc([N+](=O)[O-])cc4)C3=O)OC[C@H]12. The average molecular weight is 539 g/mol. The fourth-order valence-electron chi connectivity index (χ4n) is 4.38. The maximum atomic E-state index is 13.1. The number of carbonyl (C=O) groups is 4. The number of carbonyl (C=O) groups excluding carboxylic acids is 4. The molecule has 4 rings (SSSR count). The number of alkyl carbamates (subject to hydrolysis) is 1. The van der Waals surface area contributed by atoms with Gasteiger partial charge in [-0.1, -0.05) is 37.4 Å². The second kappa shape index (κ2) is 11.6. The first-order valence-electron chi connectivity index (χ1n) is 12.0. The van der Waals surface area contributed by atoms with E-state index in [1.165, 1.54) is 35.3 Å². The molecule has 3 amide bonds. The van der Waals surface area contributed by atoms with Gasteiger partial charge in [0, 0.05) is 30.8 Å². The van der Waals surface area contributed by atoms with E-state index in [2.05, 4.69) is 18.5 Å². The molecule has 0 saturated carbocycles. The lowest BCUT2D eigenvalue weighted by molar-refractivity contribution is -0.384. The second-order valence-corrected chi connectivity index (χ2v) is 8.77. The van der Waals surface area contributed by atoms with E-state index in [9.17, 15) is 29.3 Å². The lowest BCUT2D eigenvalue weighted by Gasteiger charge is -2.49. The molecule has 39 heavy (non-hydrogen) atoms. The normalized spacial score (nSPS) is 21.1. The van der Waals surface area contributed by atoms with Crippen LogP contribution < -0.4 is 5.32 Å². The van der Waals surface area contributed by atoms with Gasteiger partial charge < -0.3 is 24.4 Å². The topological polar surface area (TPSA) is 158 Å². The van der Waals surface area contributed by atoms with Crippen LogP contribution in [0.15, 0.2) is 72.7 Å². The van der Waals surface area contributed by atoms with Gasteiger partial charge in [0.2, 0.25) is 5.91 Å². The van der Waals surface area contributed by atoms with Gasteiger partial charge in [0.15, 0.2) is 11.5 Å². The molecule has 3 heterocycles. The molecule has 0 aromatic heterocycles. The minimum atomic E-state index is -0.968. The largest absolute Gasteiger partial charge is 0.489 e. The van der Waals surface area contributed by atoms with Crippen molar-refractivity contribution in [2.75, 3.05) is 26.4 Å². The third-order valence-electron chi connectivity index (χ3n) is 6.27. The monoisotopic (exact) mass is 538 g/mol. The summed E-state index contributed by atoms with van der Waals surface area (Å²) in [7, 11) is 0. The molecule has 3 aliphatic rings. The van der Waals surface area contributed by atoms with Gasteiger partial charge in [-0.3, -0.25) is 24.6 Å². The van der Waals surface area contributed by atoms with Gasteiger partial charge in [0.1, 0.15) is 31.9 Å². The van der Waals surface area contributed by atoms with Gasteiger partial charge >= 0.3 is 12.1 Å². The highest BCUT2D eigenvalue weighted by Crippen LogP contribution is 2.35. The molecule has 2 fully saturated rings. The number of nitrogens with one attached hydrogen (secondary N) is 1. The highest BCUT2D eigenvalue weighted by Gasteiger charge is 2.55. The molecule has 3 aliphatic heterocycles. The van der Waals surface area contributed by atoms with Crippen molar-refractivity contribution in [2.24, 2.45) is 0 Å². The first-order chi connectivity index (χ1) is 18.7. The van der Waals surface area contributed by atoms with Crippen LogP contribution in [0.5, 0.6) is 0 Å². The molecule has 0 radical (unpaired) electrons. The standard InChI is InChI=1S/C26H26N4O9/c1-3-11-37-25(33)22-20(39-15-19-21(24(32)29(19)22)27-26(34)38-12-4-2)13-17-9-10-28(23(17)31)14-16-5-7-18(8-6-16)30(35)36/h3-8,13,19,21H,1-2,9-12,14-15H2,(H,27,34)/b17-13+/t19-,21+/m1/s1. The minimum absolute atomic E-state index is 0.00174. The van der Waals surface area contributed by atoms with Crippen LogP contribution in [0.2, 0.25) is 0 Å². The number of nitrogens with zero attached hydrogens (tertiary/aromatic N) is 3. The number of likely N-dealkylation sites (tertiary alicyclic amines) is 1. The Morgan fingerprint density at radius 3 is 2.51 bits per heavy atom. The van der Waals surface area contributed by atoms with E-state index < -0.39 is 35.0 Å². The number of non-ortho nitro benzene ring substituents is 1. The number of nitro benzene ring substituents is 1. The summed E-state index contributed by atoms with van der Waals surface area (Å²) in [5.41, 5.74) is 0.852. The number of fused-ring (bicyclic) bond motifs is 1. The Morgan fingerprint density at radius 2 is 1.85 bits per heavy atom. The minimum Gasteiger partial charge on any atom is -0.489 e. The highest BCUT2D eigenvalue weighted by molar-refractivity contribution is 6.02. The molecule has 0 spiro atoms. The molecule has 204 valence electrons. The maximum absolute atomic E-state index is 13.1. The summed E-state index contributed by atoms with van der Waals surface area (Å²) in [6.07, 6.45) is 3.71. The van der Waals surface area contributed by atoms with Crippen LogP contribution in [0.25, 0.3) is 0 Å². The number of β-lactam (4-membered cyclic amide) rings is 1. The summed E-state index contributed by atoms with van der Waals surface area (Å²) in [6.45, 7) is 7.39. The number of nitro groups is 1. The van der Waals surface area contributed by atoms with E-state index in [-0.39, 0.29) is 49.4 Å². The van der Waals surface area contributed by atoms with E-state index in [4.69, 9.17) is 14.2 Å². The predicted octanol–water partition coefficient (Wildman–Crippen LogP) is 1.72. The summed E-state index contributed by atoms with van der Waals surface area (Å²) in [5, 5.41) is 13.3. The molecule has 1 N–H and O–H groups in total. The lowest BCUT2D eigenvalue weighted by atomic mass is 9.92. The molecule has 0 aliphatic carbocycles. The molecule has 2 saturated heterocycles. The number of allylic oxidation sites excluding steroid dienone is 1. The molecular weight excluding hydrogens is 512 g/mol. The fraction of sp³-hybridized carbons (Fsp3) is 0.308. The van der Waals surface area contributed by atoms with Crippen molar-refractivity contribution in [1.82, 2.24) is 15.1 Å². The van der Waals surface area contributed by atoms with E-state index in [1.54, 1.807) is 17.0 Å². The van der Waals surface area contributed by atoms with Crippen LogP contribution in [0.3, 0.4) is 0 Å². The van der Waals surface area contributed by atoms with Gasteiger partial charge in [-0.2, -0.15) is 0 Å². The number of rotatable bonds is 10. The Labute approximate surface area is 223 Å². The number of ether oxygens (including phenoxy) is 3. The second-order valence-electron chi connectivity index (χ2n) is 8.77. The zero-order valence-electron chi connectivity index (χ0n) is 20.9. The Balaban J connectivity index is 1.53. The molecular formula is C26H26N4O9. The van der Waals surface area contributed by atoms with Crippen LogP contribution in [0.1, 0.15) is 12.0 Å². The summed E-state index contributed by atoms with van der Waals surface area (Å²) < 4.78 is 15.8. The van der Waals surface area contributed by atoms with E-state index >= 15 is 0 Å². The first-order valence-corrected chi connectivity index (χ1v) is 12.0. The van der Waals surface area contributed by atoms with Crippen LogP contribution in [-0.4, -0.2) is 77.0 Å². The van der Waals surface area contributed by atoms with Crippen molar-refractivity contribution in [3.63, 3.8) is 0 Å². The first kappa shape index (κ1) is 27.1. The van der Waals surface area contributed by atoms with Gasteiger partial charge in [-0.15, -0.1) is 0 Å². The Kier molecular flexibility index (Phi) is 8.08. The number of amides is 3. The number of esters is 1. The van der Waals surface area contributed by atoms with Gasteiger partial charge in [0.25, 0.3) is 11.6 Å². The number of benzene rings is 1. The highest BCUT2D eigenvalue weighted by atomic mass is 16.6. The van der Waals surface area contributed by atoms with Crippen molar-refractivity contribution in [1.29, 1.82) is 0 Å². The van der Waals surface area contributed by atoms with Gasteiger partial charge in [0.05, 0.1) is 4.92 Å². The Morgan fingerprint density at radius 1 is 1.15 bits per heavy atom. The summed E-state index contributed by atoms with van der Waals surface area (Å²) in [4.78, 5) is 64.0. The van der Waals surface area contributed by atoms with Crippen molar-refractivity contribution in [3.8, 4) is 0 Å². The van der Waals surface area contributed by atoms with E-state index in [0.29, 0.717) is 18.5 Å². The zero-order chi connectivity index (χ0) is 28.1. The predicted molar refractivity (Wildman–Crippen MR) is 134 cm³/mol. The van der Waals surface area contributed by atoms with Crippen LogP contribution in [-0.2, 0) is 35.1 Å². The average Bonchev–Trinajstić information content (AvgIpc) is 3.27. The quantitative estimate of drug-likeness (QED) is 0.117. The third kappa shape index (κ3) is 5.66. The zero-order valence-corrected chi connectivity index (χ0v) is 20.9.